The summed E-state index contributed by atoms with van der Waals surface area (Å²) >= 11 is 0. The van der Waals surface area contributed by atoms with Gasteiger partial charge in [0.05, 0.1) is 27.7 Å². The number of carboxylic acid groups (broad SMARTS) is 1. The minimum Gasteiger partial charge on any atom is -0.550 e. The molecule has 108 valence electrons. The number of primary amides is 2. The molecule has 0 aromatic rings. The zero-order chi connectivity index (χ0) is 13.1. The minimum absolute atomic E-state index is 0. The van der Waals surface area contributed by atoms with Crippen LogP contribution in [0, 0.1) is 0 Å². The van der Waals surface area contributed by atoms with Crippen LogP contribution < -0.4 is 22.7 Å². The summed E-state index contributed by atoms with van der Waals surface area (Å²) in [5.41, 5.74) is 8.50. The molecule has 0 bridgehead atoms. The first-order valence-electron chi connectivity index (χ1n) is 4.16. The Bertz CT molecular complexity index is 165. The van der Waals surface area contributed by atoms with Gasteiger partial charge in [-0.25, -0.2) is 4.79 Å². The Labute approximate surface area is 108 Å². The lowest BCUT2D eigenvalue weighted by atomic mass is 10.5. The standard InChI is InChI=1S/C5H14NO.C2H4O2.CH4N2O.ClH.H3N/c1-6(2,3)4-5-7;1-2(3)4;2-1(3)4;;/h7H,4-5H2,1-3H3;1H3,(H,3,4);(H4,2,3,4);1H;1H3/q+1;;;;/p-1. The van der Waals surface area contributed by atoms with E-state index in [4.69, 9.17) is 19.8 Å². The van der Waals surface area contributed by atoms with Gasteiger partial charge in [-0.1, -0.05) is 0 Å². The highest BCUT2D eigenvalue weighted by Crippen LogP contribution is 1.84. The monoisotopic (exact) mass is 276 g/mol. The van der Waals surface area contributed by atoms with Gasteiger partial charge in [-0.15, -0.1) is 12.4 Å². The molecule has 0 atom stereocenters. The van der Waals surface area contributed by atoms with E-state index in [1.165, 1.54) is 0 Å². The summed E-state index contributed by atoms with van der Waals surface area (Å²) in [6.45, 7) is 2.09. The van der Waals surface area contributed by atoms with Crippen LogP contribution in [-0.4, -0.2) is 55.9 Å². The van der Waals surface area contributed by atoms with Crippen LogP contribution in [-0.2, 0) is 4.79 Å². The number of aliphatic hydroxyl groups is 1. The van der Waals surface area contributed by atoms with Crippen LogP contribution in [0.2, 0.25) is 0 Å². The summed E-state index contributed by atoms with van der Waals surface area (Å²) < 4.78 is 0.844. The molecule has 0 unspecified atom stereocenters. The Morgan fingerprint density at radius 2 is 1.41 bits per heavy atom. The number of carbonyl (C=O) groups is 2. The first-order valence-corrected chi connectivity index (χ1v) is 4.16. The summed E-state index contributed by atoms with van der Waals surface area (Å²) in [6, 6.07) is -0.833. The van der Waals surface area contributed by atoms with Crippen molar-refractivity contribution in [2.75, 3.05) is 34.3 Å². The first-order chi connectivity index (χ1) is 6.52. The third kappa shape index (κ3) is 293. The van der Waals surface area contributed by atoms with E-state index < -0.39 is 12.0 Å². The van der Waals surface area contributed by atoms with Gasteiger partial charge >= 0.3 is 6.03 Å². The van der Waals surface area contributed by atoms with Gasteiger partial charge in [-0.3, -0.25) is 0 Å². The fourth-order valence-corrected chi connectivity index (χ4v) is 0.300. The third-order valence-electron chi connectivity index (χ3n) is 0.771. The number of aliphatic hydroxyl groups excluding tert-OH is 1. The van der Waals surface area contributed by atoms with Gasteiger partial charge in [0.25, 0.3) is 0 Å². The molecule has 0 aliphatic carbocycles. The number of likely N-dealkylation sites (N-methyl/N-ethyl adjacent to an activating group) is 1. The zero-order valence-electron chi connectivity index (χ0n) is 10.8. The largest absolute Gasteiger partial charge is 0.550 e. The molecule has 0 saturated carbocycles. The third-order valence-corrected chi connectivity index (χ3v) is 0.771. The van der Waals surface area contributed by atoms with Crippen molar-refractivity contribution in [3.63, 3.8) is 0 Å². The van der Waals surface area contributed by atoms with Crippen LogP contribution in [0.4, 0.5) is 4.79 Å². The SMILES string of the molecule is CC(=O)[O-].C[N+](C)(C)CCO.Cl.N.NC(N)=O. The molecule has 0 aliphatic heterocycles. The summed E-state index contributed by atoms with van der Waals surface area (Å²) in [5.74, 6) is -1.08. The van der Waals surface area contributed by atoms with E-state index in [9.17, 15) is 0 Å². The Balaban J connectivity index is -0.0000000425. The molecule has 8 nitrogen and oxygen atoms in total. The molecule has 0 radical (unpaired) electrons. The topological polar surface area (TPSA) is 164 Å². The summed E-state index contributed by atoms with van der Waals surface area (Å²) in [7, 11) is 6.16. The van der Waals surface area contributed by atoms with Crippen molar-refractivity contribution in [2.45, 2.75) is 6.92 Å². The second-order valence-corrected chi connectivity index (χ2v) is 3.63. The average molecular weight is 277 g/mol. The lowest BCUT2D eigenvalue weighted by Crippen LogP contribution is -2.36. The van der Waals surface area contributed by atoms with Crippen molar-refractivity contribution in [3.05, 3.63) is 0 Å². The number of halogens is 1. The molecule has 9 heteroatoms. The highest BCUT2D eigenvalue weighted by molar-refractivity contribution is 5.85. The Morgan fingerprint density at radius 1 is 1.24 bits per heavy atom. The highest BCUT2D eigenvalue weighted by Gasteiger charge is 2.02. The van der Waals surface area contributed by atoms with E-state index in [0.717, 1.165) is 18.0 Å². The van der Waals surface area contributed by atoms with Gasteiger partial charge < -0.3 is 37.1 Å². The minimum atomic E-state index is -1.08. The summed E-state index contributed by atoms with van der Waals surface area (Å²) in [5, 5.41) is 17.3. The maximum atomic E-state index is 9.00. The van der Waals surface area contributed by atoms with Gasteiger partial charge in [0.15, 0.2) is 0 Å². The van der Waals surface area contributed by atoms with Crippen molar-refractivity contribution in [1.29, 1.82) is 0 Å². The second kappa shape index (κ2) is 17.3. The quantitative estimate of drug-likeness (QED) is 0.430. The van der Waals surface area contributed by atoms with E-state index in [1.807, 2.05) is 0 Å². The smallest absolute Gasteiger partial charge is 0.309 e. The maximum Gasteiger partial charge on any atom is 0.309 e. The molecule has 2 amide bonds. The predicted molar refractivity (Wildman–Crippen MR) is 66.7 cm³/mol. The van der Waals surface area contributed by atoms with Crippen LogP contribution in [0.5, 0.6) is 0 Å². The number of rotatable bonds is 2. The molecule has 0 fully saturated rings. The molecule has 0 aromatic heterocycles. The normalized spacial score (nSPS) is 7.82. The Morgan fingerprint density at radius 3 is 1.41 bits per heavy atom. The first kappa shape index (κ1) is 29.7. The zero-order valence-corrected chi connectivity index (χ0v) is 11.6. The number of hydrogen-bond donors (Lipinski definition) is 4. The fourth-order valence-electron chi connectivity index (χ4n) is 0.300. The van der Waals surface area contributed by atoms with E-state index in [-0.39, 0.29) is 25.2 Å². The number of hydrogen-bond acceptors (Lipinski definition) is 5. The number of carbonyl (C=O) groups excluding carboxylic acids is 2. The molecular formula is C8H25ClN4O4. The molecule has 0 heterocycles. The van der Waals surface area contributed by atoms with Crippen LogP contribution >= 0.6 is 12.4 Å². The summed E-state index contributed by atoms with van der Waals surface area (Å²) in [6.07, 6.45) is 0. The molecular weight excluding hydrogens is 252 g/mol. The number of amides is 2. The van der Waals surface area contributed by atoms with Crippen molar-refractivity contribution in [1.82, 2.24) is 6.15 Å². The van der Waals surface area contributed by atoms with E-state index >= 15 is 0 Å². The van der Waals surface area contributed by atoms with E-state index in [1.54, 1.807) is 0 Å². The predicted octanol–water partition coefficient (Wildman–Crippen LogP) is -1.95. The Hall–Kier alpha value is -1.09. The van der Waals surface area contributed by atoms with Crippen LogP contribution in [0.3, 0.4) is 0 Å². The molecule has 17 heavy (non-hydrogen) atoms. The molecule has 0 rings (SSSR count). The molecule has 0 aliphatic rings. The van der Waals surface area contributed by atoms with Crippen molar-refractivity contribution in [2.24, 2.45) is 11.5 Å². The van der Waals surface area contributed by atoms with Gasteiger partial charge in [-0.2, -0.15) is 0 Å². The molecule has 0 saturated heterocycles. The summed E-state index contributed by atoms with van der Waals surface area (Å²) in [4.78, 5) is 17.9. The maximum absolute atomic E-state index is 9.00. The number of aliphatic carboxylic acids is 1. The van der Waals surface area contributed by atoms with Crippen LogP contribution in [0.15, 0.2) is 0 Å². The number of urea groups is 1. The van der Waals surface area contributed by atoms with Gasteiger partial charge in [0, 0.05) is 5.97 Å². The lowest BCUT2D eigenvalue weighted by Gasteiger charge is -2.21. The molecule has 0 spiro atoms. The van der Waals surface area contributed by atoms with Gasteiger partial charge in [0.1, 0.15) is 6.54 Å². The second-order valence-electron chi connectivity index (χ2n) is 3.63. The number of carboxylic acids is 1. The van der Waals surface area contributed by atoms with Gasteiger partial charge in [0.2, 0.25) is 0 Å². The van der Waals surface area contributed by atoms with E-state index in [2.05, 4.69) is 32.6 Å². The molecule has 8 N–H and O–H groups in total. The van der Waals surface area contributed by atoms with Crippen molar-refractivity contribution in [3.8, 4) is 0 Å². The van der Waals surface area contributed by atoms with Crippen molar-refractivity contribution >= 4 is 24.4 Å². The molecule has 0 aromatic carbocycles. The van der Waals surface area contributed by atoms with E-state index in [0.29, 0.717) is 0 Å². The number of nitrogens with two attached hydrogens (primary N) is 2. The highest BCUT2D eigenvalue weighted by atomic mass is 35.5. The Kier molecular flexibility index (Phi) is 30.3. The fraction of sp³-hybridized carbons (Fsp3) is 0.750. The van der Waals surface area contributed by atoms with Gasteiger partial charge in [-0.05, 0) is 6.92 Å². The van der Waals surface area contributed by atoms with Crippen molar-refractivity contribution < 1.29 is 24.3 Å². The van der Waals surface area contributed by atoms with Crippen LogP contribution in [0.1, 0.15) is 6.92 Å². The average Bonchev–Trinajstić information content (AvgIpc) is 1.79. The lowest BCUT2D eigenvalue weighted by molar-refractivity contribution is -0.870. The number of nitrogens with zero attached hydrogens (tertiary/aromatic N) is 1. The van der Waals surface area contributed by atoms with Crippen LogP contribution in [0.25, 0.3) is 0 Å². The number of quaternary nitrogens is 1.